The number of hydrogen-bond acceptors (Lipinski definition) is 3. The lowest BCUT2D eigenvalue weighted by Gasteiger charge is -1.96. The van der Waals surface area contributed by atoms with E-state index in [1.807, 2.05) is 12.1 Å². The van der Waals surface area contributed by atoms with Crippen LogP contribution in [0.15, 0.2) is 22.1 Å². The molecule has 3 heteroatoms. The third-order valence-electron chi connectivity index (χ3n) is 2.10. The van der Waals surface area contributed by atoms with Gasteiger partial charge in [0.2, 0.25) is 0 Å². The first-order chi connectivity index (χ1) is 5.83. The summed E-state index contributed by atoms with van der Waals surface area (Å²) in [4.78, 5) is 8.50. The number of hydrogen-bond donors (Lipinski definition) is 1. The summed E-state index contributed by atoms with van der Waals surface area (Å²) in [5.41, 5.74) is 7.72. The molecule has 3 nitrogen and oxygen atoms in total. The lowest BCUT2D eigenvalue weighted by Crippen LogP contribution is -2.28. The molecule has 12 heavy (non-hydrogen) atoms. The van der Waals surface area contributed by atoms with Crippen LogP contribution in [0.3, 0.4) is 0 Å². The highest BCUT2D eigenvalue weighted by Crippen LogP contribution is 1.97. The lowest BCUT2D eigenvalue weighted by molar-refractivity contribution is 1.04. The van der Waals surface area contributed by atoms with Crippen molar-refractivity contribution in [1.29, 1.82) is 0 Å². The third kappa shape index (κ3) is 0.897. The van der Waals surface area contributed by atoms with Gasteiger partial charge in [-0.3, -0.25) is 9.98 Å². The number of fused-ring (bicyclic) bond motifs is 1. The van der Waals surface area contributed by atoms with Gasteiger partial charge >= 0.3 is 0 Å². The molecule has 1 aromatic carbocycles. The molecule has 0 atom stereocenters. The first-order valence-electron chi connectivity index (χ1n) is 4.09. The normalized spacial score (nSPS) is 13.4. The monoisotopic (exact) mass is 161 g/mol. The van der Waals surface area contributed by atoms with E-state index in [-0.39, 0.29) is 0 Å². The average molecular weight is 161 g/mol. The maximum atomic E-state index is 5.74. The zero-order valence-electron chi connectivity index (χ0n) is 7.04. The van der Waals surface area contributed by atoms with Crippen molar-refractivity contribution in [3.8, 4) is 0 Å². The second-order valence-electron chi connectivity index (χ2n) is 2.82. The zero-order valence-corrected chi connectivity index (χ0v) is 7.04. The van der Waals surface area contributed by atoms with Gasteiger partial charge in [-0.05, 0) is 18.1 Å². The van der Waals surface area contributed by atoms with Gasteiger partial charge in [-0.1, -0.05) is 13.0 Å². The summed E-state index contributed by atoms with van der Waals surface area (Å²) in [6.45, 7) is 2.65. The molecule has 0 bridgehead atoms. The predicted octanol–water partition coefficient (Wildman–Crippen LogP) is 0.0415. The second-order valence-corrected chi connectivity index (χ2v) is 2.82. The van der Waals surface area contributed by atoms with Crippen LogP contribution in [0.25, 0.3) is 0 Å². The average Bonchev–Trinajstić information content (AvgIpc) is 2.54. The van der Waals surface area contributed by atoms with E-state index in [0.29, 0.717) is 6.67 Å². The Hall–Kier alpha value is -1.38. The minimum Gasteiger partial charge on any atom is -0.397 e. The van der Waals surface area contributed by atoms with Gasteiger partial charge in [-0.2, -0.15) is 0 Å². The first kappa shape index (κ1) is 7.28. The van der Waals surface area contributed by atoms with E-state index < -0.39 is 0 Å². The van der Waals surface area contributed by atoms with Crippen molar-refractivity contribution in [2.24, 2.45) is 9.98 Å². The van der Waals surface area contributed by atoms with Crippen molar-refractivity contribution in [3.05, 3.63) is 28.4 Å². The van der Waals surface area contributed by atoms with Crippen LogP contribution in [-0.4, -0.2) is 6.67 Å². The van der Waals surface area contributed by atoms with Gasteiger partial charge in [0.05, 0.1) is 11.0 Å². The summed E-state index contributed by atoms with van der Waals surface area (Å²) in [6, 6.07) is 3.93. The molecule has 1 heterocycles. The minimum atomic E-state index is 0.538. The van der Waals surface area contributed by atoms with Gasteiger partial charge < -0.3 is 5.73 Å². The van der Waals surface area contributed by atoms with Crippen LogP contribution < -0.4 is 16.4 Å². The third-order valence-corrected chi connectivity index (χ3v) is 2.10. The van der Waals surface area contributed by atoms with Gasteiger partial charge in [0.15, 0.2) is 0 Å². The van der Waals surface area contributed by atoms with Crippen molar-refractivity contribution in [2.45, 2.75) is 13.3 Å². The fourth-order valence-corrected chi connectivity index (χ4v) is 1.44. The van der Waals surface area contributed by atoms with Crippen LogP contribution in [0, 0.1) is 0 Å². The summed E-state index contributed by atoms with van der Waals surface area (Å²) in [5.74, 6) is 0. The van der Waals surface area contributed by atoms with Crippen LogP contribution in [0.5, 0.6) is 0 Å². The Balaban J connectivity index is 2.84. The zero-order chi connectivity index (χ0) is 8.55. The molecule has 62 valence electrons. The van der Waals surface area contributed by atoms with Crippen LogP contribution in [-0.2, 0) is 6.42 Å². The van der Waals surface area contributed by atoms with Crippen molar-refractivity contribution in [1.82, 2.24) is 0 Å². The summed E-state index contributed by atoms with van der Waals surface area (Å²) in [5, 5.41) is 1.88. The van der Waals surface area contributed by atoms with Crippen molar-refractivity contribution < 1.29 is 0 Å². The smallest absolute Gasteiger partial charge is 0.131 e. The van der Waals surface area contributed by atoms with E-state index in [9.17, 15) is 0 Å². The quantitative estimate of drug-likeness (QED) is 0.581. The van der Waals surface area contributed by atoms with Crippen LogP contribution in [0.2, 0.25) is 0 Å². The molecule has 2 rings (SSSR count). The number of rotatable bonds is 1. The number of benzene rings is 1. The Bertz CT molecular complexity index is 420. The Morgan fingerprint density at radius 1 is 1.33 bits per heavy atom. The summed E-state index contributed by atoms with van der Waals surface area (Å²) < 4.78 is 0. The standard InChI is InChI=1S/C9H11N3/c1-2-6-3-4-7(10)9-8(6)11-5-12-9/h3-4H,2,5,10H2,1H3. The predicted molar refractivity (Wildman–Crippen MR) is 47.4 cm³/mol. The van der Waals surface area contributed by atoms with Crippen molar-refractivity contribution >= 4 is 5.69 Å². The molecule has 1 aliphatic heterocycles. The number of nitrogens with zero attached hydrogens (tertiary/aromatic N) is 2. The molecule has 1 aliphatic rings. The van der Waals surface area contributed by atoms with Gasteiger partial charge in [0, 0.05) is 0 Å². The number of nitrogens with two attached hydrogens (primary N) is 1. The molecule has 0 amide bonds. The lowest BCUT2D eigenvalue weighted by atomic mass is 10.1. The van der Waals surface area contributed by atoms with Crippen molar-refractivity contribution in [3.63, 3.8) is 0 Å². The largest absolute Gasteiger partial charge is 0.397 e. The van der Waals surface area contributed by atoms with E-state index in [2.05, 4.69) is 16.9 Å². The van der Waals surface area contributed by atoms with E-state index in [0.717, 1.165) is 22.8 Å². The molecule has 0 aliphatic carbocycles. The highest BCUT2D eigenvalue weighted by Gasteiger charge is 2.03. The molecule has 0 fully saturated rings. The van der Waals surface area contributed by atoms with Crippen molar-refractivity contribution in [2.75, 3.05) is 12.4 Å². The minimum absolute atomic E-state index is 0.538. The fourth-order valence-electron chi connectivity index (χ4n) is 1.44. The van der Waals surface area contributed by atoms with Crippen LogP contribution in [0.1, 0.15) is 12.5 Å². The summed E-state index contributed by atoms with van der Waals surface area (Å²) in [7, 11) is 0. The maximum absolute atomic E-state index is 5.74. The summed E-state index contributed by atoms with van der Waals surface area (Å²) >= 11 is 0. The molecule has 0 spiro atoms. The SMILES string of the molecule is CCc1ccc(N)c2c1=NCN=2. The number of aryl methyl sites for hydroxylation is 1. The molecule has 0 radical (unpaired) electrons. The van der Waals surface area contributed by atoms with E-state index >= 15 is 0 Å². The van der Waals surface area contributed by atoms with E-state index in [4.69, 9.17) is 5.73 Å². The molecule has 0 aromatic heterocycles. The van der Waals surface area contributed by atoms with Gasteiger partial charge in [-0.25, -0.2) is 0 Å². The number of nitrogen functional groups attached to an aromatic ring is 1. The Morgan fingerprint density at radius 2 is 2.08 bits per heavy atom. The fraction of sp³-hybridized carbons (Fsp3) is 0.333. The van der Waals surface area contributed by atoms with Gasteiger partial charge in [0.1, 0.15) is 12.0 Å². The van der Waals surface area contributed by atoms with Gasteiger partial charge in [-0.15, -0.1) is 0 Å². The molecule has 1 aromatic rings. The Morgan fingerprint density at radius 3 is 2.83 bits per heavy atom. The maximum Gasteiger partial charge on any atom is 0.131 e. The molecule has 0 saturated carbocycles. The van der Waals surface area contributed by atoms with Crippen LogP contribution in [0.4, 0.5) is 5.69 Å². The Kier molecular flexibility index (Phi) is 1.57. The Labute approximate surface area is 70.7 Å². The number of anilines is 1. The molecule has 2 N–H and O–H groups in total. The molecular weight excluding hydrogens is 150 g/mol. The summed E-state index contributed by atoms with van der Waals surface area (Å²) in [6.07, 6.45) is 0.988. The van der Waals surface area contributed by atoms with E-state index in [1.165, 1.54) is 5.56 Å². The van der Waals surface area contributed by atoms with E-state index in [1.54, 1.807) is 0 Å². The first-order valence-corrected chi connectivity index (χ1v) is 4.09. The van der Waals surface area contributed by atoms with Gasteiger partial charge in [0.25, 0.3) is 0 Å². The molecule has 0 saturated heterocycles. The highest BCUT2D eigenvalue weighted by molar-refractivity contribution is 5.39. The highest BCUT2D eigenvalue weighted by atomic mass is 15.0. The van der Waals surface area contributed by atoms with Crippen LogP contribution >= 0.6 is 0 Å². The topological polar surface area (TPSA) is 50.7 Å². The second kappa shape index (κ2) is 2.59. The molecule has 0 unspecified atom stereocenters. The molecular formula is C9H11N3.